The maximum absolute atomic E-state index is 12.7. The SMILES string of the molecule is Cc1cc(I)ccc1Nc1ncnc2sc(C(=O)OCCc3ccccc3)c(C)c12. The van der Waals surface area contributed by atoms with Crippen molar-refractivity contribution in [3.05, 3.63) is 80.0 Å². The van der Waals surface area contributed by atoms with Crippen LogP contribution in [0.15, 0.2) is 54.9 Å². The number of nitrogens with zero attached hydrogens (tertiary/aromatic N) is 2. The van der Waals surface area contributed by atoms with Gasteiger partial charge in [0.2, 0.25) is 0 Å². The lowest BCUT2D eigenvalue weighted by molar-refractivity contribution is 0.0514. The number of benzene rings is 2. The minimum absolute atomic E-state index is 0.317. The van der Waals surface area contributed by atoms with Crippen LogP contribution < -0.4 is 5.32 Å². The van der Waals surface area contributed by atoms with Crippen LogP contribution in [0, 0.1) is 17.4 Å². The third kappa shape index (κ3) is 4.46. The molecule has 0 fully saturated rings. The van der Waals surface area contributed by atoms with Crippen LogP contribution in [0.3, 0.4) is 0 Å². The molecule has 0 unspecified atom stereocenters. The van der Waals surface area contributed by atoms with Gasteiger partial charge in [0.25, 0.3) is 0 Å². The van der Waals surface area contributed by atoms with Crippen LogP contribution in [0.25, 0.3) is 10.2 Å². The van der Waals surface area contributed by atoms with Gasteiger partial charge in [-0.05, 0) is 71.3 Å². The Balaban J connectivity index is 1.56. The highest BCUT2D eigenvalue weighted by Gasteiger charge is 2.20. The highest BCUT2D eigenvalue weighted by atomic mass is 127. The van der Waals surface area contributed by atoms with Gasteiger partial charge in [-0.2, -0.15) is 0 Å². The molecule has 0 aliphatic carbocycles. The molecule has 2 aromatic carbocycles. The van der Waals surface area contributed by atoms with Gasteiger partial charge in [0, 0.05) is 15.7 Å². The standard InChI is InChI=1S/C23H20IN3O2S/c1-14-12-17(24)8-9-18(14)27-21-19-15(2)20(30-22(19)26-13-25-21)23(28)29-11-10-16-6-4-3-5-7-16/h3-9,12-13H,10-11H2,1-2H3,(H,25,26,27). The fourth-order valence-electron chi connectivity index (χ4n) is 3.23. The zero-order chi connectivity index (χ0) is 21.1. The first-order valence-corrected chi connectivity index (χ1v) is 11.4. The second-order valence-electron chi connectivity index (χ2n) is 6.91. The lowest BCUT2D eigenvalue weighted by Gasteiger charge is -2.10. The summed E-state index contributed by atoms with van der Waals surface area (Å²) in [5, 5.41) is 4.26. The number of esters is 1. The number of ether oxygens (including phenoxy) is 1. The van der Waals surface area contributed by atoms with Gasteiger partial charge in [0.1, 0.15) is 21.9 Å². The van der Waals surface area contributed by atoms with Gasteiger partial charge < -0.3 is 10.1 Å². The van der Waals surface area contributed by atoms with Crippen molar-refractivity contribution in [2.24, 2.45) is 0 Å². The normalized spacial score (nSPS) is 10.9. The minimum Gasteiger partial charge on any atom is -0.461 e. The molecule has 2 heterocycles. The molecular formula is C23H20IN3O2S. The number of fused-ring (bicyclic) bond motifs is 1. The molecule has 0 saturated heterocycles. The van der Waals surface area contributed by atoms with Crippen molar-refractivity contribution < 1.29 is 9.53 Å². The van der Waals surface area contributed by atoms with E-state index in [1.54, 1.807) is 0 Å². The molecule has 0 atom stereocenters. The van der Waals surface area contributed by atoms with Gasteiger partial charge in [-0.1, -0.05) is 30.3 Å². The van der Waals surface area contributed by atoms with Gasteiger partial charge in [-0.25, -0.2) is 14.8 Å². The van der Waals surface area contributed by atoms with E-state index in [-0.39, 0.29) is 5.97 Å². The zero-order valence-corrected chi connectivity index (χ0v) is 19.6. The summed E-state index contributed by atoms with van der Waals surface area (Å²) >= 11 is 3.64. The molecule has 2 aromatic heterocycles. The molecule has 4 aromatic rings. The number of aromatic nitrogens is 2. The molecule has 4 rings (SSSR count). The van der Waals surface area contributed by atoms with E-state index in [2.05, 4.69) is 50.9 Å². The Morgan fingerprint density at radius 1 is 1.13 bits per heavy atom. The largest absolute Gasteiger partial charge is 0.461 e. The lowest BCUT2D eigenvalue weighted by Crippen LogP contribution is -2.07. The summed E-state index contributed by atoms with van der Waals surface area (Å²) in [6.45, 7) is 4.32. The smallest absolute Gasteiger partial charge is 0.348 e. The molecular weight excluding hydrogens is 509 g/mol. The first-order chi connectivity index (χ1) is 14.5. The Morgan fingerprint density at radius 2 is 1.93 bits per heavy atom. The van der Waals surface area contributed by atoms with Gasteiger partial charge in [-0.15, -0.1) is 11.3 Å². The molecule has 152 valence electrons. The Bertz CT molecular complexity index is 1210. The van der Waals surface area contributed by atoms with E-state index in [1.807, 2.05) is 49.4 Å². The summed E-state index contributed by atoms with van der Waals surface area (Å²) in [5.74, 6) is 0.379. The summed E-state index contributed by atoms with van der Waals surface area (Å²) < 4.78 is 6.71. The van der Waals surface area contributed by atoms with Gasteiger partial charge in [0.05, 0.1) is 12.0 Å². The molecule has 7 heteroatoms. The number of carbonyl (C=O) groups is 1. The molecule has 1 N–H and O–H groups in total. The van der Waals surface area contributed by atoms with Crippen LogP contribution in [-0.2, 0) is 11.2 Å². The van der Waals surface area contributed by atoms with Crippen LogP contribution in [0.5, 0.6) is 0 Å². The number of hydrogen-bond acceptors (Lipinski definition) is 6. The van der Waals surface area contributed by atoms with Crippen LogP contribution in [-0.4, -0.2) is 22.5 Å². The summed E-state index contributed by atoms with van der Waals surface area (Å²) in [6, 6.07) is 16.2. The predicted molar refractivity (Wildman–Crippen MR) is 130 cm³/mol. The first-order valence-electron chi connectivity index (χ1n) is 9.51. The second kappa shape index (κ2) is 9.09. The van der Waals surface area contributed by atoms with Gasteiger partial charge in [0.15, 0.2) is 0 Å². The average Bonchev–Trinajstić information content (AvgIpc) is 3.08. The van der Waals surface area contributed by atoms with E-state index in [0.717, 1.165) is 32.6 Å². The number of rotatable bonds is 6. The first kappa shape index (κ1) is 20.7. The number of thiophene rings is 1. The van der Waals surface area contributed by atoms with E-state index in [0.29, 0.717) is 23.7 Å². The fraction of sp³-hybridized carbons (Fsp3) is 0.174. The maximum atomic E-state index is 12.7. The molecule has 5 nitrogen and oxygen atoms in total. The molecule has 0 spiro atoms. The molecule has 0 aliphatic rings. The fourth-order valence-corrected chi connectivity index (χ4v) is 4.92. The van der Waals surface area contributed by atoms with Crippen LogP contribution >= 0.6 is 33.9 Å². The summed E-state index contributed by atoms with van der Waals surface area (Å²) in [7, 11) is 0. The number of carbonyl (C=O) groups excluding carboxylic acids is 1. The van der Waals surface area contributed by atoms with E-state index in [9.17, 15) is 4.79 Å². The van der Waals surface area contributed by atoms with Crippen molar-refractivity contribution in [2.45, 2.75) is 20.3 Å². The van der Waals surface area contributed by atoms with Crippen LogP contribution in [0.4, 0.5) is 11.5 Å². The molecule has 0 amide bonds. The number of hydrogen-bond donors (Lipinski definition) is 1. The zero-order valence-electron chi connectivity index (χ0n) is 16.6. The van der Waals surface area contributed by atoms with Crippen molar-refractivity contribution in [2.75, 3.05) is 11.9 Å². The van der Waals surface area contributed by atoms with Crippen molar-refractivity contribution in [3.8, 4) is 0 Å². The quantitative estimate of drug-likeness (QED) is 0.243. The Kier molecular flexibility index (Phi) is 6.29. The minimum atomic E-state index is -0.317. The molecule has 0 bridgehead atoms. The third-order valence-corrected chi connectivity index (χ3v) is 6.67. The molecule has 0 aliphatic heterocycles. The topological polar surface area (TPSA) is 64.1 Å². The average molecular weight is 529 g/mol. The van der Waals surface area contributed by atoms with Crippen LogP contribution in [0.2, 0.25) is 0 Å². The van der Waals surface area contributed by atoms with Crippen molar-refractivity contribution in [3.63, 3.8) is 0 Å². The highest BCUT2D eigenvalue weighted by Crippen LogP contribution is 2.35. The van der Waals surface area contributed by atoms with Crippen molar-refractivity contribution in [1.82, 2.24) is 9.97 Å². The number of anilines is 2. The van der Waals surface area contributed by atoms with E-state index >= 15 is 0 Å². The lowest BCUT2D eigenvalue weighted by atomic mass is 10.1. The number of aryl methyl sites for hydroxylation is 2. The second-order valence-corrected chi connectivity index (χ2v) is 9.16. The third-order valence-electron chi connectivity index (χ3n) is 4.82. The van der Waals surface area contributed by atoms with E-state index in [4.69, 9.17) is 4.74 Å². The highest BCUT2D eigenvalue weighted by molar-refractivity contribution is 14.1. The maximum Gasteiger partial charge on any atom is 0.348 e. The molecule has 0 radical (unpaired) electrons. The Labute approximate surface area is 192 Å². The summed E-state index contributed by atoms with van der Waals surface area (Å²) in [5.41, 5.74) is 4.09. The number of nitrogens with one attached hydrogen (secondary N) is 1. The van der Waals surface area contributed by atoms with Crippen LogP contribution in [0.1, 0.15) is 26.4 Å². The summed E-state index contributed by atoms with van der Waals surface area (Å²) in [4.78, 5) is 22.8. The predicted octanol–water partition coefficient (Wildman–Crippen LogP) is 6.06. The van der Waals surface area contributed by atoms with E-state index in [1.165, 1.54) is 21.2 Å². The van der Waals surface area contributed by atoms with Gasteiger partial charge in [-0.3, -0.25) is 0 Å². The van der Waals surface area contributed by atoms with Gasteiger partial charge >= 0.3 is 5.97 Å². The summed E-state index contributed by atoms with van der Waals surface area (Å²) in [6.07, 6.45) is 2.21. The number of halogens is 1. The Morgan fingerprint density at radius 3 is 2.70 bits per heavy atom. The van der Waals surface area contributed by atoms with Crippen molar-refractivity contribution in [1.29, 1.82) is 0 Å². The molecule has 0 saturated carbocycles. The Hall–Kier alpha value is -2.52. The van der Waals surface area contributed by atoms with Crippen molar-refractivity contribution >= 4 is 61.6 Å². The molecule has 30 heavy (non-hydrogen) atoms. The van der Waals surface area contributed by atoms with E-state index < -0.39 is 0 Å². The monoisotopic (exact) mass is 529 g/mol.